The largest absolute Gasteiger partial charge is 0.496 e. The number of pyridine rings is 1. The van der Waals surface area contributed by atoms with Crippen LogP contribution in [0.5, 0.6) is 11.6 Å². The lowest BCUT2D eigenvalue weighted by molar-refractivity contribution is 0.390. The molecular formula is C33H30Cl3N7O4. The van der Waals surface area contributed by atoms with E-state index in [0.717, 1.165) is 28.2 Å². The Morgan fingerprint density at radius 3 is 2.04 bits per heavy atom. The van der Waals surface area contributed by atoms with Gasteiger partial charge in [-0.05, 0) is 12.1 Å². The number of benzene rings is 2. The third-order valence-corrected chi connectivity index (χ3v) is 7.97. The Balaban J connectivity index is 0.00000433. The van der Waals surface area contributed by atoms with Crippen LogP contribution in [0.15, 0.2) is 88.9 Å². The summed E-state index contributed by atoms with van der Waals surface area (Å²) in [6, 6.07) is 15.3. The molecule has 242 valence electrons. The van der Waals surface area contributed by atoms with Crippen molar-refractivity contribution in [1.29, 1.82) is 0 Å². The molecule has 2 N–H and O–H groups in total. The van der Waals surface area contributed by atoms with E-state index in [1.54, 1.807) is 26.6 Å². The molecule has 0 aliphatic heterocycles. The summed E-state index contributed by atoms with van der Waals surface area (Å²) in [5.41, 5.74) is 5.66. The third kappa shape index (κ3) is 7.73. The van der Waals surface area contributed by atoms with Gasteiger partial charge in [0.15, 0.2) is 12.8 Å². The van der Waals surface area contributed by atoms with Crippen molar-refractivity contribution >= 4 is 35.6 Å². The summed E-state index contributed by atoms with van der Waals surface area (Å²) in [6.45, 7) is 2.16. The molecule has 0 aliphatic carbocycles. The molecule has 0 bridgehead atoms. The molecule has 0 saturated heterocycles. The van der Waals surface area contributed by atoms with Gasteiger partial charge in [0.25, 0.3) is 0 Å². The monoisotopic (exact) mass is 693 g/mol. The standard InChI is InChI=1S/C33H29Cl2N7O4.ClH/c1-43-28-10-20(6-7-21(28)11-36-13-23-15-38-18-45-23)31-30(35)32(41-17-40-31)26-5-3-4-25(29(26)34)27-9-8-22(33(42-27)44-2)12-37-14-24-16-39-19-46-24;/h3-10,15-19,36-37H,11-14H2,1-2H3;1H. The normalized spacial score (nSPS) is 10.9. The first kappa shape index (κ1) is 33.8. The number of nitrogens with one attached hydrogen (secondary N) is 2. The highest BCUT2D eigenvalue weighted by molar-refractivity contribution is 6.38. The number of hydrogen-bond acceptors (Lipinski definition) is 11. The topological polar surface area (TPSA) is 133 Å². The van der Waals surface area contributed by atoms with Gasteiger partial charge in [0.2, 0.25) is 5.88 Å². The highest BCUT2D eigenvalue weighted by atomic mass is 35.5. The van der Waals surface area contributed by atoms with Crippen LogP contribution in [0, 0.1) is 0 Å². The van der Waals surface area contributed by atoms with Gasteiger partial charge >= 0.3 is 0 Å². The Labute approximate surface area is 287 Å². The Morgan fingerprint density at radius 2 is 1.38 bits per heavy atom. The molecule has 0 spiro atoms. The molecule has 0 unspecified atom stereocenters. The number of hydrogen-bond donors (Lipinski definition) is 2. The fraction of sp³-hybridized carbons (Fsp3) is 0.182. The van der Waals surface area contributed by atoms with Crippen molar-refractivity contribution in [3.8, 4) is 45.4 Å². The highest BCUT2D eigenvalue weighted by Gasteiger charge is 2.19. The molecular weight excluding hydrogens is 665 g/mol. The lowest BCUT2D eigenvalue weighted by Gasteiger charge is -2.15. The minimum atomic E-state index is 0. The molecule has 6 rings (SSSR count). The van der Waals surface area contributed by atoms with E-state index >= 15 is 0 Å². The third-order valence-electron chi connectivity index (χ3n) is 7.21. The molecule has 0 aliphatic rings. The second-order valence-corrected chi connectivity index (χ2v) is 10.8. The molecule has 2 aromatic carbocycles. The Kier molecular flexibility index (Phi) is 11.4. The average molecular weight is 695 g/mol. The van der Waals surface area contributed by atoms with Crippen molar-refractivity contribution in [2.24, 2.45) is 0 Å². The fourth-order valence-corrected chi connectivity index (χ4v) is 5.56. The maximum absolute atomic E-state index is 7.01. The number of aromatic nitrogens is 5. The van der Waals surface area contributed by atoms with Gasteiger partial charge < -0.3 is 28.9 Å². The van der Waals surface area contributed by atoms with Gasteiger partial charge in [0.05, 0.1) is 66.8 Å². The van der Waals surface area contributed by atoms with E-state index in [9.17, 15) is 0 Å². The van der Waals surface area contributed by atoms with Gasteiger partial charge in [-0.15, -0.1) is 12.4 Å². The SMILES string of the molecule is COc1cc(-c2ncnc(-c3cccc(-c4ccc(CNCc5cnco5)c(OC)n4)c3Cl)c2Cl)ccc1CNCc1cnco1.Cl. The number of ether oxygens (including phenoxy) is 2. The van der Waals surface area contributed by atoms with Gasteiger partial charge in [0.1, 0.15) is 23.6 Å². The molecule has 0 saturated carbocycles. The summed E-state index contributed by atoms with van der Waals surface area (Å²) < 4.78 is 21.9. The number of nitrogens with zero attached hydrogens (tertiary/aromatic N) is 5. The van der Waals surface area contributed by atoms with Crippen molar-refractivity contribution < 1.29 is 18.3 Å². The molecule has 0 radical (unpaired) electrons. The molecule has 0 atom stereocenters. The first-order valence-electron chi connectivity index (χ1n) is 14.2. The maximum Gasteiger partial charge on any atom is 0.218 e. The molecule has 14 heteroatoms. The van der Waals surface area contributed by atoms with E-state index in [2.05, 4.69) is 30.6 Å². The van der Waals surface area contributed by atoms with Crippen molar-refractivity contribution in [3.05, 3.63) is 113 Å². The molecule has 0 amide bonds. The van der Waals surface area contributed by atoms with E-state index in [-0.39, 0.29) is 12.4 Å². The predicted molar refractivity (Wildman–Crippen MR) is 181 cm³/mol. The van der Waals surface area contributed by atoms with Crippen molar-refractivity contribution in [2.75, 3.05) is 14.2 Å². The van der Waals surface area contributed by atoms with Crippen molar-refractivity contribution in [1.82, 2.24) is 35.6 Å². The minimum absolute atomic E-state index is 0. The minimum Gasteiger partial charge on any atom is -0.496 e. The number of halogens is 3. The highest BCUT2D eigenvalue weighted by Crippen LogP contribution is 2.41. The number of methoxy groups -OCH3 is 2. The average Bonchev–Trinajstić information content (AvgIpc) is 3.81. The predicted octanol–water partition coefficient (Wildman–Crippen LogP) is 7.17. The quantitative estimate of drug-likeness (QED) is 0.127. The van der Waals surface area contributed by atoms with E-state index in [0.29, 0.717) is 76.1 Å². The van der Waals surface area contributed by atoms with Gasteiger partial charge in [0, 0.05) is 40.9 Å². The number of oxazole rings is 2. The van der Waals surface area contributed by atoms with E-state index in [1.807, 2.05) is 48.5 Å². The second-order valence-electron chi connectivity index (χ2n) is 10.1. The Morgan fingerprint density at radius 1 is 0.723 bits per heavy atom. The molecule has 0 fully saturated rings. The van der Waals surface area contributed by atoms with Crippen LogP contribution in [0.2, 0.25) is 10.0 Å². The van der Waals surface area contributed by atoms with E-state index < -0.39 is 0 Å². The smallest absolute Gasteiger partial charge is 0.218 e. The Hall–Kier alpha value is -4.52. The zero-order chi connectivity index (χ0) is 31.9. The summed E-state index contributed by atoms with van der Waals surface area (Å²) >= 11 is 14.0. The first-order valence-corrected chi connectivity index (χ1v) is 15.0. The van der Waals surface area contributed by atoms with Crippen LogP contribution in [0.1, 0.15) is 22.6 Å². The Bertz CT molecular complexity index is 1780. The summed E-state index contributed by atoms with van der Waals surface area (Å²) in [4.78, 5) is 21.6. The summed E-state index contributed by atoms with van der Waals surface area (Å²) in [5, 5.41) is 7.44. The summed E-state index contributed by atoms with van der Waals surface area (Å²) in [6.07, 6.45) is 7.63. The van der Waals surface area contributed by atoms with Crippen LogP contribution < -0.4 is 20.1 Å². The van der Waals surface area contributed by atoms with Gasteiger partial charge in [-0.3, -0.25) is 0 Å². The molecule has 6 aromatic rings. The molecule has 11 nitrogen and oxygen atoms in total. The lowest BCUT2D eigenvalue weighted by atomic mass is 10.0. The molecule has 4 aromatic heterocycles. The maximum atomic E-state index is 7.01. The summed E-state index contributed by atoms with van der Waals surface area (Å²) in [7, 11) is 3.21. The first-order chi connectivity index (χ1) is 22.6. The van der Waals surface area contributed by atoms with Crippen LogP contribution in [0.3, 0.4) is 0 Å². The fourth-order valence-electron chi connectivity index (χ4n) is 4.94. The molecule has 47 heavy (non-hydrogen) atoms. The van der Waals surface area contributed by atoms with E-state index in [1.165, 1.54) is 19.1 Å². The molecule has 4 heterocycles. The van der Waals surface area contributed by atoms with Gasteiger partial charge in [-0.2, -0.15) is 0 Å². The van der Waals surface area contributed by atoms with Crippen LogP contribution >= 0.6 is 35.6 Å². The van der Waals surface area contributed by atoms with Gasteiger partial charge in [-0.1, -0.05) is 59.6 Å². The summed E-state index contributed by atoms with van der Waals surface area (Å²) in [5.74, 6) is 2.66. The number of rotatable bonds is 13. The van der Waals surface area contributed by atoms with E-state index in [4.69, 9.17) is 46.5 Å². The van der Waals surface area contributed by atoms with Crippen molar-refractivity contribution in [3.63, 3.8) is 0 Å². The van der Waals surface area contributed by atoms with Crippen LogP contribution in [0.25, 0.3) is 33.8 Å². The lowest BCUT2D eigenvalue weighted by Crippen LogP contribution is -2.13. The van der Waals surface area contributed by atoms with Crippen LogP contribution in [-0.4, -0.2) is 39.1 Å². The zero-order valence-electron chi connectivity index (χ0n) is 25.4. The van der Waals surface area contributed by atoms with Crippen LogP contribution in [-0.2, 0) is 26.2 Å². The van der Waals surface area contributed by atoms with Crippen LogP contribution in [0.4, 0.5) is 0 Å². The van der Waals surface area contributed by atoms with Crippen molar-refractivity contribution in [2.45, 2.75) is 26.2 Å². The van der Waals surface area contributed by atoms with Gasteiger partial charge in [-0.25, -0.2) is 24.9 Å². The second kappa shape index (κ2) is 15.9. The zero-order valence-corrected chi connectivity index (χ0v) is 27.7.